The summed E-state index contributed by atoms with van der Waals surface area (Å²) >= 11 is 0. The lowest BCUT2D eigenvalue weighted by atomic mass is 10.1. The van der Waals surface area contributed by atoms with Gasteiger partial charge in [-0.25, -0.2) is 4.79 Å². The van der Waals surface area contributed by atoms with Gasteiger partial charge in [-0.1, -0.05) is 0 Å². The SMILES string of the molecule is COc1cc2c(cc1N1CCCN(C3CC3)C1=O)CN(C)C2. The molecule has 3 aliphatic rings. The van der Waals surface area contributed by atoms with Crippen LogP contribution in [0.1, 0.15) is 30.4 Å². The quantitative estimate of drug-likeness (QED) is 0.860. The van der Waals surface area contributed by atoms with E-state index in [4.69, 9.17) is 4.74 Å². The summed E-state index contributed by atoms with van der Waals surface area (Å²) in [5, 5.41) is 0. The van der Waals surface area contributed by atoms with Crippen molar-refractivity contribution < 1.29 is 9.53 Å². The zero-order chi connectivity index (χ0) is 15.3. The Labute approximate surface area is 131 Å². The van der Waals surface area contributed by atoms with Crippen LogP contribution >= 0.6 is 0 Å². The molecule has 0 radical (unpaired) electrons. The van der Waals surface area contributed by atoms with Crippen molar-refractivity contribution in [2.45, 2.75) is 38.4 Å². The fourth-order valence-electron chi connectivity index (χ4n) is 3.65. The van der Waals surface area contributed by atoms with E-state index in [2.05, 4.69) is 24.1 Å². The van der Waals surface area contributed by atoms with E-state index in [1.54, 1.807) is 7.11 Å². The Kier molecular flexibility index (Phi) is 3.26. The molecule has 0 N–H and O–H groups in total. The predicted molar refractivity (Wildman–Crippen MR) is 85.3 cm³/mol. The summed E-state index contributed by atoms with van der Waals surface area (Å²) in [7, 11) is 3.81. The van der Waals surface area contributed by atoms with Crippen LogP contribution in [0.3, 0.4) is 0 Å². The highest BCUT2D eigenvalue weighted by molar-refractivity contribution is 5.95. The van der Waals surface area contributed by atoms with Crippen LogP contribution in [0.4, 0.5) is 10.5 Å². The molecule has 1 saturated heterocycles. The normalized spacial score (nSPS) is 22.2. The molecular weight excluding hydrogens is 278 g/mol. The molecule has 118 valence electrons. The molecule has 2 fully saturated rings. The van der Waals surface area contributed by atoms with E-state index in [-0.39, 0.29) is 6.03 Å². The first-order chi connectivity index (χ1) is 10.7. The minimum absolute atomic E-state index is 0.151. The lowest BCUT2D eigenvalue weighted by Gasteiger charge is -2.36. The smallest absolute Gasteiger partial charge is 0.324 e. The Morgan fingerprint density at radius 1 is 1.14 bits per heavy atom. The van der Waals surface area contributed by atoms with Gasteiger partial charge in [-0.3, -0.25) is 9.80 Å². The first kappa shape index (κ1) is 13.9. The van der Waals surface area contributed by atoms with Gasteiger partial charge in [0.1, 0.15) is 5.75 Å². The number of carbonyl (C=O) groups is 1. The largest absolute Gasteiger partial charge is 0.495 e. The van der Waals surface area contributed by atoms with E-state index >= 15 is 0 Å². The summed E-state index contributed by atoms with van der Waals surface area (Å²) in [6.07, 6.45) is 3.35. The van der Waals surface area contributed by atoms with Crippen LogP contribution < -0.4 is 9.64 Å². The van der Waals surface area contributed by atoms with Crippen molar-refractivity contribution in [1.82, 2.24) is 9.80 Å². The fourth-order valence-corrected chi connectivity index (χ4v) is 3.65. The molecule has 1 aromatic carbocycles. The number of hydrogen-bond donors (Lipinski definition) is 0. The second-order valence-electron chi connectivity index (χ2n) is 6.68. The topological polar surface area (TPSA) is 36.0 Å². The van der Waals surface area contributed by atoms with Crippen LogP contribution in [0.15, 0.2) is 12.1 Å². The number of ether oxygens (including phenoxy) is 1. The summed E-state index contributed by atoms with van der Waals surface area (Å²) < 4.78 is 5.59. The summed E-state index contributed by atoms with van der Waals surface area (Å²) in [4.78, 5) is 19.1. The maximum absolute atomic E-state index is 12.8. The van der Waals surface area contributed by atoms with Crippen molar-refractivity contribution in [3.63, 3.8) is 0 Å². The number of urea groups is 1. The minimum Gasteiger partial charge on any atom is -0.495 e. The summed E-state index contributed by atoms with van der Waals surface area (Å²) in [5.74, 6) is 0.819. The lowest BCUT2D eigenvalue weighted by molar-refractivity contribution is 0.192. The summed E-state index contributed by atoms with van der Waals surface area (Å²) in [6.45, 7) is 3.58. The van der Waals surface area contributed by atoms with Crippen molar-refractivity contribution in [2.75, 3.05) is 32.1 Å². The van der Waals surface area contributed by atoms with Gasteiger partial charge in [0.15, 0.2) is 0 Å². The van der Waals surface area contributed by atoms with Crippen molar-refractivity contribution >= 4 is 11.7 Å². The van der Waals surface area contributed by atoms with Crippen molar-refractivity contribution in [3.8, 4) is 5.75 Å². The Bertz CT molecular complexity index is 612. The third-order valence-corrected chi connectivity index (χ3v) is 4.92. The van der Waals surface area contributed by atoms with Gasteiger partial charge in [0.25, 0.3) is 0 Å². The Balaban J connectivity index is 1.69. The Morgan fingerprint density at radius 3 is 2.55 bits per heavy atom. The molecule has 0 bridgehead atoms. The molecule has 5 heteroatoms. The monoisotopic (exact) mass is 301 g/mol. The fraction of sp³-hybridized carbons (Fsp3) is 0.588. The molecule has 5 nitrogen and oxygen atoms in total. The second kappa shape index (κ2) is 5.16. The van der Waals surface area contributed by atoms with Crippen LogP contribution in [-0.2, 0) is 13.1 Å². The number of methoxy groups -OCH3 is 1. The van der Waals surface area contributed by atoms with E-state index in [1.165, 1.54) is 11.1 Å². The molecule has 0 atom stereocenters. The number of rotatable bonds is 3. The summed E-state index contributed by atoms with van der Waals surface area (Å²) in [5.41, 5.74) is 3.56. The third kappa shape index (κ3) is 2.24. The van der Waals surface area contributed by atoms with Gasteiger partial charge in [0.2, 0.25) is 0 Å². The predicted octanol–water partition coefficient (Wildman–Crippen LogP) is 2.44. The number of anilines is 1. The maximum Gasteiger partial charge on any atom is 0.324 e. The van der Waals surface area contributed by atoms with Crippen molar-refractivity contribution in [3.05, 3.63) is 23.3 Å². The number of fused-ring (bicyclic) bond motifs is 1. The molecule has 0 aromatic heterocycles. The van der Waals surface area contributed by atoms with E-state index in [0.717, 1.165) is 56.9 Å². The average molecular weight is 301 g/mol. The standard InChI is InChI=1S/C17H23N3O2/c1-18-10-12-8-15(16(22-2)9-13(12)11-18)20-7-3-6-19(17(20)21)14-4-5-14/h8-9,14H,3-7,10-11H2,1-2H3. The van der Waals surface area contributed by atoms with Crippen LogP contribution in [0, 0.1) is 0 Å². The zero-order valence-electron chi connectivity index (χ0n) is 13.3. The highest BCUT2D eigenvalue weighted by atomic mass is 16.5. The molecule has 1 aromatic rings. The third-order valence-electron chi connectivity index (χ3n) is 4.92. The molecule has 4 rings (SSSR count). The van der Waals surface area contributed by atoms with Crippen LogP contribution in [0.2, 0.25) is 0 Å². The van der Waals surface area contributed by atoms with Gasteiger partial charge in [0.05, 0.1) is 12.8 Å². The van der Waals surface area contributed by atoms with Gasteiger partial charge in [-0.15, -0.1) is 0 Å². The van der Waals surface area contributed by atoms with Gasteiger partial charge in [-0.05, 0) is 49.6 Å². The molecule has 2 aliphatic heterocycles. The molecular formula is C17H23N3O2. The Hall–Kier alpha value is -1.75. The van der Waals surface area contributed by atoms with E-state index < -0.39 is 0 Å². The number of hydrogen-bond acceptors (Lipinski definition) is 3. The molecule has 0 unspecified atom stereocenters. The van der Waals surface area contributed by atoms with Gasteiger partial charge >= 0.3 is 6.03 Å². The highest BCUT2D eigenvalue weighted by Crippen LogP contribution is 2.38. The number of nitrogens with zero attached hydrogens (tertiary/aromatic N) is 3. The molecule has 22 heavy (non-hydrogen) atoms. The average Bonchev–Trinajstić information content (AvgIpc) is 3.27. The molecule has 0 spiro atoms. The Morgan fingerprint density at radius 2 is 1.86 bits per heavy atom. The molecule has 1 saturated carbocycles. The lowest BCUT2D eigenvalue weighted by Crippen LogP contribution is -2.50. The summed E-state index contributed by atoms with van der Waals surface area (Å²) in [6, 6.07) is 4.89. The van der Waals surface area contributed by atoms with Crippen molar-refractivity contribution in [1.29, 1.82) is 0 Å². The zero-order valence-corrected chi connectivity index (χ0v) is 13.3. The van der Waals surface area contributed by atoms with Gasteiger partial charge < -0.3 is 9.64 Å². The van der Waals surface area contributed by atoms with Crippen molar-refractivity contribution in [2.24, 2.45) is 0 Å². The first-order valence-electron chi connectivity index (χ1n) is 8.14. The minimum atomic E-state index is 0.151. The van der Waals surface area contributed by atoms with Gasteiger partial charge in [-0.2, -0.15) is 0 Å². The molecule has 1 aliphatic carbocycles. The number of amides is 2. The second-order valence-corrected chi connectivity index (χ2v) is 6.68. The van der Waals surface area contributed by atoms with E-state index in [0.29, 0.717) is 6.04 Å². The number of benzene rings is 1. The van der Waals surface area contributed by atoms with Crippen LogP contribution in [-0.4, -0.2) is 49.1 Å². The van der Waals surface area contributed by atoms with E-state index in [9.17, 15) is 4.79 Å². The van der Waals surface area contributed by atoms with Crippen LogP contribution in [0.25, 0.3) is 0 Å². The molecule has 2 heterocycles. The molecule has 2 amide bonds. The highest BCUT2D eigenvalue weighted by Gasteiger charge is 2.38. The first-order valence-corrected chi connectivity index (χ1v) is 8.14. The number of carbonyl (C=O) groups excluding carboxylic acids is 1. The van der Waals surface area contributed by atoms with Gasteiger partial charge in [0, 0.05) is 32.2 Å². The van der Waals surface area contributed by atoms with E-state index in [1.807, 2.05) is 9.80 Å². The maximum atomic E-state index is 12.8. The van der Waals surface area contributed by atoms with Crippen LogP contribution in [0.5, 0.6) is 5.75 Å².